The molecule has 7 nitrogen and oxygen atoms in total. The average molecular weight is 279 g/mol. The van der Waals surface area contributed by atoms with Gasteiger partial charge in [-0.25, -0.2) is 0 Å². The van der Waals surface area contributed by atoms with Crippen molar-refractivity contribution in [2.75, 3.05) is 45.9 Å². The minimum absolute atomic E-state index is 0.0582. The zero-order chi connectivity index (χ0) is 13.1. The quantitative estimate of drug-likeness (QED) is 0.569. The first kappa shape index (κ1) is 14.2. The van der Waals surface area contributed by atoms with Crippen molar-refractivity contribution in [3.05, 3.63) is 0 Å². The normalized spacial score (nSPS) is 26.1. The second kappa shape index (κ2) is 5.81. The van der Waals surface area contributed by atoms with E-state index < -0.39 is 15.8 Å². The molecule has 2 rings (SSSR count). The summed E-state index contributed by atoms with van der Waals surface area (Å²) in [5.41, 5.74) is -0.973. The number of ether oxygens (including phenoxy) is 1. The molecule has 0 aromatic carbocycles. The van der Waals surface area contributed by atoms with Gasteiger partial charge in [0.1, 0.15) is 0 Å². The highest BCUT2D eigenvalue weighted by atomic mass is 32.2. The van der Waals surface area contributed by atoms with Crippen LogP contribution in [0.4, 0.5) is 0 Å². The van der Waals surface area contributed by atoms with Crippen molar-refractivity contribution in [3.63, 3.8) is 0 Å². The Bertz CT molecular complexity index is 361. The lowest BCUT2D eigenvalue weighted by atomic mass is 9.95. The second-order valence-electron chi connectivity index (χ2n) is 4.81. The summed E-state index contributed by atoms with van der Waals surface area (Å²) in [6.07, 6.45) is 0.939. The molecule has 2 heterocycles. The van der Waals surface area contributed by atoms with Gasteiger partial charge in [0, 0.05) is 58.8 Å². The Labute approximate surface area is 108 Å². The van der Waals surface area contributed by atoms with Crippen LogP contribution in [-0.2, 0) is 14.9 Å². The van der Waals surface area contributed by atoms with Gasteiger partial charge in [0.15, 0.2) is 0 Å². The molecule has 0 amide bonds. The molecule has 8 heteroatoms. The van der Waals surface area contributed by atoms with Crippen molar-refractivity contribution in [2.45, 2.75) is 18.4 Å². The highest BCUT2D eigenvalue weighted by molar-refractivity contribution is 7.87. The molecule has 2 aliphatic heterocycles. The lowest BCUT2D eigenvalue weighted by Crippen LogP contribution is -2.54. The van der Waals surface area contributed by atoms with Crippen LogP contribution in [0.25, 0.3) is 0 Å². The molecule has 0 bridgehead atoms. The summed E-state index contributed by atoms with van der Waals surface area (Å²) >= 11 is 0. The molecule has 3 N–H and O–H groups in total. The lowest BCUT2D eigenvalue weighted by molar-refractivity contribution is -0.0590. The number of nitrogens with zero attached hydrogens (tertiary/aromatic N) is 1. The van der Waals surface area contributed by atoms with Crippen LogP contribution >= 0.6 is 0 Å². The van der Waals surface area contributed by atoms with E-state index in [2.05, 4.69) is 10.0 Å². The van der Waals surface area contributed by atoms with Crippen molar-refractivity contribution < 1.29 is 18.3 Å². The summed E-state index contributed by atoms with van der Waals surface area (Å²) in [5, 5.41) is 13.3. The van der Waals surface area contributed by atoms with Crippen LogP contribution in [0.15, 0.2) is 0 Å². The largest absolute Gasteiger partial charge is 0.388 e. The Morgan fingerprint density at radius 3 is 2.50 bits per heavy atom. The molecule has 18 heavy (non-hydrogen) atoms. The Hall–Kier alpha value is -0.250. The molecule has 2 aliphatic rings. The smallest absolute Gasteiger partial charge is 0.279 e. The zero-order valence-electron chi connectivity index (χ0n) is 10.4. The van der Waals surface area contributed by atoms with E-state index in [9.17, 15) is 13.5 Å². The summed E-state index contributed by atoms with van der Waals surface area (Å²) in [6, 6.07) is 0. The third-order valence-corrected chi connectivity index (χ3v) is 4.98. The summed E-state index contributed by atoms with van der Waals surface area (Å²) < 4.78 is 33.1. The van der Waals surface area contributed by atoms with E-state index in [4.69, 9.17) is 4.74 Å². The Kier molecular flexibility index (Phi) is 4.57. The predicted octanol–water partition coefficient (Wildman–Crippen LogP) is -1.73. The molecular weight excluding hydrogens is 258 g/mol. The highest BCUT2D eigenvalue weighted by Crippen LogP contribution is 2.19. The fourth-order valence-corrected chi connectivity index (χ4v) is 3.43. The molecule has 0 saturated carbocycles. The molecule has 2 saturated heterocycles. The van der Waals surface area contributed by atoms with E-state index in [-0.39, 0.29) is 6.54 Å². The summed E-state index contributed by atoms with van der Waals surface area (Å²) in [7, 11) is -3.48. The molecule has 0 radical (unpaired) electrons. The molecule has 0 atom stereocenters. The van der Waals surface area contributed by atoms with Crippen LogP contribution in [-0.4, -0.2) is 69.4 Å². The van der Waals surface area contributed by atoms with Gasteiger partial charge in [-0.05, 0) is 0 Å². The number of hydrogen-bond acceptors (Lipinski definition) is 5. The van der Waals surface area contributed by atoms with Gasteiger partial charge >= 0.3 is 0 Å². The van der Waals surface area contributed by atoms with Gasteiger partial charge in [0.05, 0.1) is 5.60 Å². The van der Waals surface area contributed by atoms with E-state index in [1.165, 1.54) is 4.31 Å². The first-order valence-corrected chi connectivity index (χ1v) is 7.71. The standard InChI is InChI=1S/C10H21N3O4S/c14-10(1-7-17-8-2-10)9-12-18(15,16)13-5-3-11-4-6-13/h11-12,14H,1-9H2. The number of piperazine rings is 1. The van der Waals surface area contributed by atoms with Gasteiger partial charge in [-0.2, -0.15) is 17.4 Å². The number of hydrogen-bond donors (Lipinski definition) is 3. The minimum atomic E-state index is -3.48. The fourth-order valence-electron chi connectivity index (χ4n) is 2.13. The Morgan fingerprint density at radius 2 is 1.89 bits per heavy atom. The van der Waals surface area contributed by atoms with E-state index >= 15 is 0 Å². The minimum Gasteiger partial charge on any atom is -0.388 e. The van der Waals surface area contributed by atoms with Crippen molar-refractivity contribution in [1.29, 1.82) is 0 Å². The van der Waals surface area contributed by atoms with Crippen LogP contribution in [0.1, 0.15) is 12.8 Å². The molecule has 2 fully saturated rings. The average Bonchev–Trinajstić information content (AvgIpc) is 2.39. The monoisotopic (exact) mass is 279 g/mol. The lowest BCUT2D eigenvalue weighted by Gasteiger charge is -2.33. The molecule has 0 aliphatic carbocycles. The SMILES string of the molecule is O=S(=O)(NCC1(O)CCOCC1)N1CCNCC1. The van der Waals surface area contributed by atoms with Gasteiger partial charge in [0.2, 0.25) is 0 Å². The zero-order valence-corrected chi connectivity index (χ0v) is 11.2. The van der Waals surface area contributed by atoms with Crippen LogP contribution in [0.5, 0.6) is 0 Å². The molecule has 106 valence electrons. The molecular formula is C10H21N3O4S. The van der Waals surface area contributed by atoms with Gasteiger partial charge < -0.3 is 15.2 Å². The van der Waals surface area contributed by atoms with E-state index in [0.29, 0.717) is 52.2 Å². The predicted molar refractivity (Wildman–Crippen MR) is 66.4 cm³/mol. The topological polar surface area (TPSA) is 90.9 Å². The maximum Gasteiger partial charge on any atom is 0.279 e. The van der Waals surface area contributed by atoms with Gasteiger partial charge in [0.25, 0.3) is 10.2 Å². The van der Waals surface area contributed by atoms with Crippen molar-refractivity contribution in [3.8, 4) is 0 Å². The van der Waals surface area contributed by atoms with Crippen LogP contribution in [0.2, 0.25) is 0 Å². The fraction of sp³-hybridized carbons (Fsp3) is 1.00. The number of rotatable bonds is 4. The summed E-state index contributed by atoms with van der Waals surface area (Å²) in [4.78, 5) is 0. The van der Waals surface area contributed by atoms with Gasteiger partial charge in [-0.1, -0.05) is 0 Å². The van der Waals surface area contributed by atoms with Crippen molar-refractivity contribution in [2.24, 2.45) is 0 Å². The summed E-state index contributed by atoms with van der Waals surface area (Å²) in [6.45, 7) is 3.28. The molecule has 0 spiro atoms. The van der Waals surface area contributed by atoms with Gasteiger partial charge in [-0.15, -0.1) is 0 Å². The van der Waals surface area contributed by atoms with Crippen molar-refractivity contribution in [1.82, 2.24) is 14.3 Å². The summed E-state index contributed by atoms with van der Waals surface area (Å²) in [5.74, 6) is 0. The maximum absolute atomic E-state index is 12.0. The number of nitrogens with one attached hydrogen (secondary N) is 2. The van der Waals surface area contributed by atoms with Crippen LogP contribution in [0.3, 0.4) is 0 Å². The first-order valence-electron chi connectivity index (χ1n) is 6.27. The van der Waals surface area contributed by atoms with E-state index in [1.54, 1.807) is 0 Å². The van der Waals surface area contributed by atoms with Crippen LogP contribution < -0.4 is 10.0 Å². The van der Waals surface area contributed by atoms with E-state index in [1.807, 2.05) is 0 Å². The number of aliphatic hydroxyl groups is 1. The van der Waals surface area contributed by atoms with Crippen molar-refractivity contribution >= 4 is 10.2 Å². The first-order chi connectivity index (χ1) is 8.52. The van der Waals surface area contributed by atoms with Crippen LogP contribution in [0, 0.1) is 0 Å². The third kappa shape index (κ3) is 3.62. The molecule has 0 aromatic rings. The highest BCUT2D eigenvalue weighted by Gasteiger charge is 2.32. The third-order valence-electron chi connectivity index (χ3n) is 3.42. The maximum atomic E-state index is 12.0. The Balaban J connectivity index is 1.87. The Morgan fingerprint density at radius 1 is 1.28 bits per heavy atom. The second-order valence-corrected chi connectivity index (χ2v) is 6.57. The molecule has 0 unspecified atom stereocenters. The van der Waals surface area contributed by atoms with E-state index in [0.717, 1.165) is 0 Å². The molecule has 0 aromatic heterocycles. The van der Waals surface area contributed by atoms with Gasteiger partial charge in [-0.3, -0.25) is 0 Å².